The number of methoxy groups -OCH3 is 1. The van der Waals surface area contributed by atoms with Crippen molar-refractivity contribution in [2.45, 2.75) is 13.0 Å². The quantitative estimate of drug-likeness (QED) is 0.889. The Balaban J connectivity index is 2.23. The van der Waals surface area contributed by atoms with Crippen LogP contribution in [-0.4, -0.2) is 17.2 Å². The number of aliphatic hydroxyl groups is 1. The van der Waals surface area contributed by atoms with Crippen LogP contribution in [0.1, 0.15) is 22.4 Å². The number of aromatic nitrogens is 1. The third-order valence-electron chi connectivity index (χ3n) is 2.30. The number of ether oxygens (including phenoxy) is 1. The zero-order valence-corrected chi connectivity index (χ0v) is 9.99. The van der Waals surface area contributed by atoms with Crippen molar-refractivity contribution in [1.29, 1.82) is 0 Å². The molecule has 4 heteroatoms. The highest BCUT2D eigenvalue weighted by Gasteiger charge is 2.13. The normalized spacial score (nSPS) is 12.4. The Bertz CT molecular complexity index is 464. The number of aliphatic hydroxyl groups excluding tert-OH is 1. The van der Waals surface area contributed by atoms with Crippen LogP contribution in [0, 0.1) is 6.92 Å². The first kappa shape index (κ1) is 11.1. The average molecular weight is 235 g/mol. The lowest BCUT2D eigenvalue weighted by molar-refractivity contribution is 0.219. The molecule has 0 aliphatic rings. The summed E-state index contributed by atoms with van der Waals surface area (Å²) in [6.45, 7) is 1.92. The smallest absolute Gasteiger partial charge is 0.131 e. The number of rotatable bonds is 3. The van der Waals surface area contributed by atoms with Gasteiger partial charge in [0, 0.05) is 11.1 Å². The SMILES string of the molecule is COc1ccc(C(O)c2nc(C)cs2)cc1. The summed E-state index contributed by atoms with van der Waals surface area (Å²) in [5.41, 5.74) is 1.77. The molecule has 0 amide bonds. The first-order chi connectivity index (χ1) is 7.70. The maximum Gasteiger partial charge on any atom is 0.131 e. The monoisotopic (exact) mass is 235 g/mol. The minimum absolute atomic E-state index is 0.649. The fraction of sp³-hybridized carbons (Fsp3) is 0.250. The zero-order valence-electron chi connectivity index (χ0n) is 9.18. The zero-order chi connectivity index (χ0) is 11.5. The standard InChI is InChI=1S/C12H13NO2S/c1-8-7-16-12(13-8)11(14)9-3-5-10(15-2)6-4-9/h3-7,11,14H,1-2H3. The molecule has 0 bridgehead atoms. The predicted octanol–water partition coefficient (Wildman–Crippen LogP) is 2.54. The van der Waals surface area contributed by atoms with Gasteiger partial charge in [-0.05, 0) is 24.6 Å². The highest BCUT2D eigenvalue weighted by molar-refractivity contribution is 7.09. The third kappa shape index (κ3) is 2.23. The van der Waals surface area contributed by atoms with Crippen LogP contribution in [0.25, 0.3) is 0 Å². The number of benzene rings is 1. The summed E-state index contributed by atoms with van der Waals surface area (Å²) < 4.78 is 5.06. The number of nitrogens with zero attached hydrogens (tertiary/aromatic N) is 1. The molecule has 2 rings (SSSR count). The summed E-state index contributed by atoms with van der Waals surface area (Å²) in [6.07, 6.45) is -0.649. The molecule has 1 atom stereocenters. The molecule has 1 aromatic carbocycles. The fourth-order valence-corrected chi connectivity index (χ4v) is 2.23. The van der Waals surface area contributed by atoms with Gasteiger partial charge < -0.3 is 9.84 Å². The lowest BCUT2D eigenvalue weighted by atomic mass is 10.1. The Hall–Kier alpha value is -1.39. The van der Waals surface area contributed by atoms with E-state index in [1.54, 1.807) is 7.11 Å². The Morgan fingerprint density at radius 1 is 1.31 bits per heavy atom. The molecule has 0 aliphatic heterocycles. The van der Waals surface area contributed by atoms with E-state index in [9.17, 15) is 5.11 Å². The van der Waals surface area contributed by atoms with E-state index in [4.69, 9.17) is 4.74 Å². The van der Waals surface area contributed by atoms with E-state index >= 15 is 0 Å². The van der Waals surface area contributed by atoms with Crippen LogP contribution >= 0.6 is 11.3 Å². The lowest BCUT2D eigenvalue weighted by Gasteiger charge is -2.08. The summed E-state index contributed by atoms with van der Waals surface area (Å²) in [4.78, 5) is 4.27. The lowest BCUT2D eigenvalue weighted by Crippen LogP contribution is -1.99. The summed E-state index contributed by atoms with van der Waals surface area (Å²) in [7, 11) is 1.62. The van der Waals surface area contributed by atoms with Crippen LogP contribution in [0.5, 0.6) is 5.75 Å². The second-order valence-corrected chi connectivity index (χ2v) is 4.39. The van der Waals surface area contributed by atoms with Gasteiger partial charge in [-0.3, -0.25) is 0 Å². The van der Waals surface area contributed by atoms with Gasteiger partial charge in [0.2, 0.25) is 0 Å². The summed E-state index contributed by atoms with van der Waals surface area (Å²) in [6, 6.07) is 7.36. The van der Waals surface area contributed by atoms with Crippen LogP contribution in [0.2, 0.25) is 0 Å². The predicted molar refractivity (Wildman–Crippen MR) is 63.9 cm³/mol. The highest BCUT2D eigenvalue weighted by atomic mass is 32.1. The number of hydrogen-bond acceptors (Lipinski definition) is 4. The first-order valence-corrected chi connectivity index (χ1v) is 5.82. The Morgan fingerprint density at radius 3 is 2.50 bits per heavy atom. The van der Waals surface area contributed by atoms with Gasteiger partial charge in [-0.1, -0.05) is 12.1 Å². The van der Waals surface area contributed by atoms with Crippen molar-refractivity contribution in [2.24, 2.45) is 0 Å². The molecule has 0 aliphatic carbocycles. The van der Waals surface area contributed by atoms with E-state index < -0.39 is 6.10 Å². The topological polar surface area (TPSA) is 42.4 Å². The van der Waals surface area contributed by atoms with E-state index in [2.05, 4.69) is 4.98 Å². The molecule has 1 unspecified atom stereocenters. The molecule has 2 aromatic rings. The maximum absolute atomic E-state index is 10.1. The second-order valence-electron chi connectivity index (χ2n) is 3.50. The molecule has 1 N–H and O–H groups in total. The van der Waals surface area contributed by atoms with E-state index in [1.807, 2.05) is 36.6 Å². The molecular weight excluding hydrogens is 222 g/mol. The van der Waals surface area contributed by atoms with Crippen molar-refractivity contribution in [3.05, 3.63) is 45.9 Å². The van der Waals surface area contributed by atoms with Gasteiger partial charge in [0.1, 0.15) is 16.9 Å². The Kier molecular flexibility index (Phi) is 3.22. The van der Waals surface area contributed by atoms with E-state index in [-0.39, 0.29) is 0 Å². The molecule has 16 heavy (non-hydrogen) atoms. The molecule has 1 heterocycles. The largest absolute Gasteiger partial charge is 0.497 e. The molecule has 3 nitrogen and oxygen atoms in total. The van der Waals surface area contributed by atoms with Gasteiger partial charge in [-0.25, -0.2) is 4.98 Å². The van der Waals surface area contributed by atoms with Gasteiger partial charge in [-0.15, -0.1) is 11.3 Å². The van der Waals surface area contributed by atoms with E-state index in [0.29, 0.717) is 0 Å². The van der Waals surface area contributed by atoms with Crippen LogP contribution in [-0.2, 0) is 0 Å². The van der Waals surface area contributed by atoms with Crippen molar-refractivity contribution in [3.8, 4) is 5.75 Å². The van der Waals surface area contributed by atoms with Crippen molar-refractivity contribution < 1.29 is 9.84 Å². The molecule has 1 aromatic heterocycles. The van der Waals surface area contributed by atoms with Crippen LogP contribution in [0.3, 0.4) is 0 Å². The van der Waals surface area contributed by atoms with Gasteiger partial charge >= 0.3 is 0 Å². The molecule has 0 saturated heterocycles. The number of hydrogen-bond donors (Lipinski definition) is 1. The minimum atomic E-state index is -0.649. The van der Waals surface area contributed by atoms with E-state index in [1.165, 1.54) is 11.3 Å². The van der Waals surface area contributed by atoms with E-state index in [0.717, 1.165) is 22.0 Å². The third-order valence-corrected chi connectivity index (χ3v) is 3.32. The summed E-state index contributed by atoms with van der Waals surface area (Å²) >= 11 is 1.47. The molecule has 0 spiro atoms. The molecule has 84 valence electrons. The summed E-state index contributed by atoms with van der Waals surface area (Å²) in [5, 5.41) is 12.7. The second kappa shape index (κ2) is 4.63. The number of aryl methyl sites for hydroxylation is 1. The molecule has 0 radical (unpaired) electrons. The van der Waals surface area contributed by atoms with Gasteiger partial charge in [0.05, 0.1) is 7.11 Å². The Morgan fingerprint density at radius 2 is 2.00 bits per heavy atom. The molecule has 0 fully saturated rings. The van der Waals surface area contributed by atoms with Crippen LogP contribution < -0.4 is 4.74 Å². The minimum Gasteiger partial charge on any atom is -0.497 e. The van der Waals surface area contributed by atoms with Crippen LogP contribution in [0.15, 0.2) is 29.6 Å². The number of thiazole rings is 1. The van der Waals surface area contributed by atoms with Crippen LogP contribution in [0.4, 0.5) is 0 Å². The van der Waals surface area contributed by atoms with Gasteiger partial charge in [0.15, 0.2) is 0 Å². The fourth-order valence-electron chi connectivity index (χ4n) is 1.43. The maximum atomic E-state index is 10.1. The van der Waals surface area contributed by atoms with Crippen molar-refractivity contribution >= 4 is 11.3 Å². The van der Waals surface area contributed by atoms with Gasteiger partial charge in [-0.2, -0.15) is 0 Å². The summed E-state index contributed by atoms with van der Waals surface area (Å²) in [5.74, 6) is 0.784. The highest BCUT2D eigenvalue weighted by Crippen LogP contribution is 2.26. The average Bonchev–Trinajstić information content (AvgIpc) is 2.75. The molecule has 0 saturated carbocycles. The Labute approximate surface area is 98.4 Å². The van der Waals surface area contributed by atoms with Crippen molar-refractivity contribution in [1.82, 2.24) is 4.98 Å². The van der Waals surface area contributed by atoms with Crippen molar-refractivity contribution in [3.63, 3.8) is 0 Å². The first-order valence-electron chi connectivity index (χ1n) is 4.95. The van der Waals surface area contributed by atoms with Gasteiger partial charge in [0.25, 0.3) is 0 Å². The van der Waals surface area contributed by atoms with Crippen molar-refractivity contribution in [2.75, 3.05) is 7.11 Å². The molecular formula is C12H13NO2S.